The number of rotatable bonds is 2. The van der Waals surface area contributed by atoms with Crippen LogP contribution in [0.25, 0.3) is 0 Å². The van der Waals surface area contributed by atoms with E-state index in [0.717, 1.165) is 12.5 Å². The fourth-order valence-corrected chi connectivity index (χ4v) is 3.17. The van der Waals surface area contributed by atoms with E-state index in [-0.39, 0.29) is 0 Å². The van der Waals surface area contributed by atoms with E-state index in [1.807, 2.05) is 0 Å². The lowest BCUT2D eigenvalue weighted by Crippen LogP contribution is -2.48. The molecule has 1 aromatic heterocycles. The zero-order valence-electron chi connectivity index (χ0n) is 13.5. The SMILES string of the molecule is Cc1nc(C)n(CC2CCCN(C(C)(C)C)C2)c1C. The van der Waals surface area contributed by atoms with Crippen molar-refractivity contribution in [2.75, 3.05) is 13.1 Å². The second-order valence-electron chi connectivity index (χ2n) is 7.07. The van der Waals surface area contributed by atoms with Gasteiger partial charge in [0.2, 0.25) is 0 Å². The Morgan fingerprint density at radius 1 is 1.21 bits per heavy atom. The molecule has 1 aliphatic rings. The molecule has 1 fully saturated rings. The van der Waals surface area contributed by atoms with Gasteiger partial charge in [-0.2, -0.15) is 0 Å². The quantitative estimate of drug-likeness (QED) is 0.816. The molecule has 0 radical (unpaired) electrons. The minimum absolute atomic E-state index is 0.299. The molecular weight excluding hydrogens is 234 g/mol. The van der Waals surface area contributed by atoms with E-state index in [9.17, 15) is 0 Å². The molecule has 1 atom stereocenters. The highest BCUT2D eigenvalue weighted by Gasteiger charge is 2.28. The highest BCUT2D eigenvalue weighted by molar-refractivity contribution is 5.13. The summed E-state index contributed by atoms with van der Waals surface area (Å²) in [4.78, 5) is 7.23. The Kier molecular flexibility index (Phi) is 4.05. The number of hydrogen-bond donors (Lipinski definition) is 0. The van der Waals surface area contributed by atoms with Crippen molar-refractivity contribution in [3.05, 3.63) is 17.2 Å². The maximum Gasteiger partial charge on any atom is 0.106 e. The molecule has 0 aliphatic carbocycles. The van der Waals surface area contributed by atoms with Crippen LogP contribution in [0, 0.1) is 26.7 Å². The van der Waals surface area contributed by atoms with Crippen molar-refractivity contribution >= 4 is 0 Å². The summed E-state index contributed by atoms with van der Waals surface area (Å²) in [6.07, 6.45) is 2.68. The normalized spacial score (nSPS) is 21.9. The van der Waals surface area contributed by atoms with Crippen LogP contribution in [-0.4, -0.2) is 33.1 Å². The Balaban J connectivity index is 2.07. The lowest BCUT2D eigenvalue weighted by atomic mass is 9.93. The van der Waals surface area contributed by atoms with Gasteiger partial charge in [-0.05, 0) is 66.8 Å². The van der Waals surface area contributed by atoms with Gasteiger partial charge in [0, 0.05) is 24.3 Å². The number of piperidine rings is 1. The molecule has 1 aliphatic heterocycles. The summed E-state index contributed by atoms with van der Waals surface area (Å²) in [6.45, 7) is 17.0. The molecule has 0 N–H and O–H groups in total. The van der Waals surface area contributed by atoms with Crippen LogP contribution < -0.4 is 0 Å². The van der Waals surface area contributed by atoms with Gasteiger partial charge >= 0.3 is 0 Å². The van der Waals surface area contributed by atoms with Gasteiger partial charge in [0.25, 0.3) is 0 Å². The van der Waals surface area contributed by atoms with Gasteiger partial charge in [-0.25, -0.2) is 4.98 Å². The topological polar surface area (TPSA) is 21.1 Å². The largest absolute Gasteiger partial charge is 0.332 e. The Morgan fingerprint density at radius 3 is 2.42 bits per heavy atom. The minimum Gasteiger partial charge on any atom is -0.332 e. The molecule has 2 heterocycles. The van der Waals surface area contributed by atoms with E-state index in [0.29, 0.717) is 5.54 Å². The molecule has 0 bridgehead atoms. The van der Waals surface area contributed by atoms with E-state index in [2.05, 4.69) is 56.0 Å². The Morgan fingerprint density at radius 2 is 1.89 bits per heavy atom. The van der Waals surface area contributed by atoms with E-state index >= 15 is 0 Å². The smallest absolute Gasteiger partial charge is 0.106 e. The first-order chi connectivity index (χ1) is 8.79. The highest BCUT2D eigenvalue weighted by Crippen LogP contribution is 2.25. The average molecular weight is 263 g/mol. The summed E-state index contributed by atoms with van der Waals surface area (Å²) in [5.41, 5.74) is 2.82. The Labute approximate surface area is 118 Å². The summed E-state index contributed by atoms with van der Waals surface area (Å²) >= 11 is 0. The number of imidazole rings is 1. The molecule has 3 heteroatoms. The lowest BCUT2D eigenvalue weighted by molar-refractivity contribution is 0.0730. The summed E-state index contributed by atoms with van der Waals surface area (Å²) < 4.78 is 2.41. The third kappa shape index (κ3) is 3.19. The van der Waals surface area contributed by atoms with E-state index in [4.69, 9.17) is 0 Å². The predicted octanol–water partition coefficient (Wildman–Crippen LogP) is 3.32. The van der Waals surface area contributed by atoms with Gasteiger partial charge in [-0.3, -0.25) is 4.90 Å². The molecule has 108 valence electrons. The second-order valence-corrected chi connectivity index (χ2v) is 7.07. The Hall–Kier alpha value is -0.830. The molecule has 0 amide bonds. The standard InChI is InChI=1S/C16H29N3/c1-12-13(2)19(14(3)17-12)11-15-8-7-9-18(10-15)16(4,5)6/h15H,7-11H2,1-6H3. The highest BCUT2D eigenvalue weighted by atomic mass is 15.2. The molecule has 1 unspecified atom stereocenters. The van der Waals surface area contributed by atoms with Crippen LogP contribution in [0.3, 0.4) is 0 Å². The van der Waals surface area contributed by atoms with Crippen LogP contribution in [0.15, 0.2) is 0 Å². The number of nitrogens with zero attached hydrogens (tertiary/aromatic N) is 3. The Bertz CT molecular complexity index is 440. The van der Waals surface area contributed by atoms with Crippen LogP contribution in [0.1, 0.15) is 50.8 Å². The molecular formula is C16H29N3. The fraction of sp³-hybridized carbons (Fsp3) is 0.812. The zero-order valence-corrected chi connectivity index (χ0v) is 13.5. The van der Waals surface area contributed by atoms with Crippen molar-refractivity contribution < 1.29 is 0 Å². The van der Waals surface area contributed by atoms with Crippen molar-refractivity contribution in [3.63, 3.8) is 0 Å². The molecule has 3 nitrogen and oxygen atoms in total. The first kappa shape index (κ1) is 14.6. The number of aryl methyl sites for hydroxylation is 2. The van der Waals surface area contributed by atoms with Crippen molar-refractivity contribution in [1.82, 2.24) is 14.5 Å². The summed E-state index contributed by atoms with van der Waals surface area (Å²) in [5, 5.41) is 0. The van der Waals surface area contributed by atoms with Gasteiger partial charge in [0.1, 0.15) is 5.82 Å². The van der Waals surface area contributed by atoms with Crippen molar-refractivity contribution in [1.29, 1.82) is 0 Å². The van der Waals surface area contributed by atoms with Crippen molar-refractivity contribution in [2.24, 2.45) is 5.92 Å². The van der Waals surface area contributed by atoms with Gasteiger partial charge < -0.3 is 4.57 Å². The number of hydrogen-bond acceptors (Lipinski definition) is 2. The van der Waals surface area contributed by atoms with E-state index < -0.39 is 0 Å². The molecule has 0 spiro atoms. The van der Waals surface area contributed by atoms with Gasteiger partial charge in [-0.1, -0.05) is 0 Å². The molecule has 1 aromatic rings. The molecule has 0 saturated carbocycles. The maximum absolute atomic E-state index is 4.59. The zero-order chi connectivity index (χ0) is 14.2. The van der Waals surface area contributed by atoms with Crippen LogP contribution in [0.2, 0.25) is 0 Å². The second kappa shape index (κ2) is 5.28. The molecule has 19 heavy (non-hydrogen) atoms. The molecule has 2 rings (SSSR count). The summed E-state index contributed by atoms with van der Waals surface area (Å²) in [7, 11) is 0. The van der Waals surface area contributed by atoms with Gasteiger partial charge in [0.05, 0.1) is 5.69 Å². The minimum atomic E-state index is 0.299. The summed E-state index contributed by atoms with van der Waals surface area (Å²) in [6, 6.07) is 0. The lowest BCUT2D eigenvalue weighted by Gasteiger charge is -2.41. The first-order valence-corrected chi connectivity index (χ1v) is 7.54. The van der Waals surface area contributed by atoms with Crippen LogP contribution >= 0.6 is 0 Å². The fourth-order valence-electron chi connectivity index (χ4n) is 3.17. The van der Waals surface area contributed by atoms with Crippen molar-refractivity contribution in [2.45, 2.75) is 66.5 Å². The van der Waals surface area contributed by atoms with Gasteiger partial charge in [0.15, 0.2) is 0 Å². The molecule has 0 aromatic carbocycles. The summed E-state index contributed by atoms with van der Waals surface area (Å²) in [5.74, 6) is 1.93. The monoisotopic (exact) mass is 263 g/mol. The maximum atomic E-state index is 4.59. The van der Waals surface area contributed by atoms with Crippen LogP contribution in [0.5, 0.6) is 0 Å². The van der Waals surface area contributed by atoms with Crippen molar-refractivity contribution in [3.8, 4) is 0 Å². The molecule has 1 saturated heterocycles. The third-order valence-electron chi connectivity index (χ3n) is 4.56. The van der Waals surface area contributed by atoms with Gasteiger partial charge in [-0.15, -0.1) is 0 Å². The van der Waals surface area contributed by atoms with Crippen LogP contribution in [0.4, 0.5) is 0 Å². The van der Waals surface area contributed by atoms with E-state index in [1.165, 1.54) is 43.1 Å². The first-order valence-electron chi connectivity index (χ1n) is 7.54. The third-order valence-corrected chi connectivity index (χ3v) is 4.56. The number of likely N-dealkylation sites (tertiary alicyclic amines) is 1. The van der Waals surface area contributed by atoms with E-state index in [1.54, 1.807) is 0 Å². The number of aromatic nitrogens is 2. The predicted molar refractivity (Wildman–Crippen MR) is 80.5 cm³/mol. The average Bonchev–Trinajstić information content (AvgIpc) is 2.55. The van der Waals surface area contributed by atoms with Crippen LogP contribution in [-0.2, 0) is 6.54 Å².